The quantitative estimate of drug-likeness (QED) is 0.246. The van der Waals surface area contributed by atoms with Gasteiger partial charge in [-0.1, -0.05) is 49.6 Å². The fourth-order valence-corrected chi connectivity index (χ4v) is 4.04. The number of carbonyl (C=O) groups is 1. The van der Waals surface area contributed by atoms with Crippen LogP contribution in [-0.2, 0) is 11.3 Å². The number of nitrogens with one attached hydrogen (secondary N) is 2. The van der Waals surface area contributed by atoms with Gasteiger partial charge in [0.1, 0.15) is 0 Å². The van der Waals surface area contributed by atoms with Crippen LogP contribution in [-0.4, -0.2) is 55.2 Å². The van der Waals surface area contributed by atoms with Crippen LogP contribution in [0.4, 0.5) is 0 Å². The highest BCUT2D eigenvalue weighted by Crippen LogP contribution is 2.39. The van der Waals surface area contributed by atoms with Crippen LogP contribution in [0.3, 0.4) is 0 Å². The predicted molar refractivity (Wildman–Crippen MR) is 134 cm³/mol. The molecule has 170 valence electrons. The monoisotopic (exact) mass is 530 g/mol. The van der Waals surface area contributed by atoms with Crippen LogP contribution in [0.2, 0.25) is 0 Å². The zero-order valence-corrected chi connectivity index (χ0v) is 20.9. The van der Waals surface area contributed by atoms with E-state index < -0.39 is 0 Å². The molecule has 1 aliphatic rings. The predicted octanol–water partition coefficient (Wildman–Crippen LogP) is 3.54. The van der Waals surface area contributed by atoms with Crippen LogP contribution in [0.25, 0.3) is 0 Å². The highest BCUT2D eigenvalue weighted by atomic mass is 127. The second kappa shape index (κ2) is 14.6. The van der Waals surface area contributed by atoms with Crippen molar-refractivity contribution in [2.24, 2.45) is 10.4 Å². The van der Waals surface area contributed by atoms with Gasteiger partial charge in [0.25, 0.3) is 0 Å². The third kappa shape index (κ3) is 9.20. The van der Waals surface area contributed by atoms with Crippen molar-refractivity contribution in [2.75, 3.05) is 33.3 Å². The fraction of sp³-hybridized carbons (Fsp3) is 0.652. The van der Waals surface area contributed by atoms with E-state index in [0.717, 1.165) is 43.9 Å². The van der Waals surface area contributed by atoms with Gasteiger partial charge in [-0.15, -0.1) is 24.0 Å². The summed E-state index contributed by atoms with van der Waals surface area (Å²) in [5.41, 5.74) is 1.26. The minimum Gasteiger partial charge on any atom is -0.396 e. The molecule has 0 bridgehead atoms. The summed E-state index contributed by atoms with van der Waals surface area (Å²) >= 11 is 0. The van der Waals surface area contributed by atoms with Gasteiger partial charge in [0, 0.05) is 46.3 Å². The highest BCUT2D eigenvalue weighted by molar-refractivity contribution is 14.0. The van der Waals surface area contributed by atoms with Crippen molar-refractivity contribution < 1.29 is 9.90 Å². The number of nitrogens with zero attached hydrogens (tertiary/aromatic N) is 2. The summed E-state index contributed by atoms with van der Waals surface area (Å²) in [6.45, 7) is 4.95. The van der Waals surface area contributed by atoms with Crippen molar-refractivity contribution in [3.63, 3.8) is 0 Å². The number of aliphatic hydroxyl groups excluding tert-OH is 1. The van der Waals surface area contributed by atoms with E-state index in [2.05, 4.69) is 10.6 Å². The fourth-order valence-electron chi connectivity index (χ4n) is 4.04. The highest BCUT2D eigenvalue weighted by Gasteiger charge is 2.31. The van der Waals surface area contributed by atoms with Crippen LogP contribution in [0, 0.1) is 5.41 Å². The van der Waals surface area contributed by atoms with E-state index in [1.54, 1.807) is 4.90 Å². The van der Waals surface area contributed by atoms with E-state index in [4.69, 9.17) is 4.99 Å². The van der Waals surface area contributed by atoms with Crippen LogP contribution >= 0.6 is 24.0 Å². The topological polar surface area (TPSA) is 77.0 Å². The van der Waals surface area contributed by atoms with E-state index in [1.165, 1.54) is 19.3 Å². The van der Waals surface area contributed by atoms with Crippen LogP contribution < -0.4 is 10.6 Å². The molecular weight excluding hydrogens is 491 g/mol. The molecule has 30 heavy (non-hydrogen) atoms. The first kappa shape index (κ1) is 26.7. The van der Waals surface area contributed by atoms with E-state index in [-0.39, 0.29) is 41.9 Å². The molecule has 0 spiro atoms. The minimum atomic E-state index is 0. The Hall–Kier alpha value is -1.35. The summed E-state index contributed by atoms with van der Waals surface area (Å²) in [5, 5.41) is 16.1. The van der Waals surface area contributed by atoms with Crippen molar-refractivity contribution in [3.8, 4) is 0 Å². The smallest absolute Gasteiger partial charge is 0.224 e. The number of rotatable bonds is 10. The van der Waals surface area contributed by atoms with E-state index in [1.807, 2.05) is 44.3 Å². The number of aliphatic hydroxyl groups is 1. The average Bonchev–Trinajstić information content (AvgIpc) is 2.73. The van der Waals surface area contributed by atoms with Crippen molar-refractivity contribution in [2.45, 2.75) is 58.4 Å². The van der Waals surface area contributed by atoms with Crippen molar-refractivity contribution in [1.29, 1.82) is 0 Å². The lowest BCUT2D eigenvalue weighted by Gasteiger charge is -2.35. The lowest BCUT2D eigenvalue weighted by atomic mass is 9.72. The van der Waals surface area contributed by atoms with Gasteiger partial charge >= 0.3 is 0 Å². The summed E-state index contributed by atoms with van der Waals surface area (Å²) in [6.07, 6.45) is 7.25. The third-order valence-corrected chi connectivity index (χ3v) is 5.79. The Morgan fingerprint density at radius 2 is 1.87 bits per heavy atom. The maximum atomic E-state index is 12.4. The molecule has 0 radical (unpaired) electrons. The molecule has 0 aliphatic heterocycles. The van der Waals surface area contributed by atoms with Crippen LogP contribution in [0.15, 0.2) is 35.3 Å². The molecule has 2 rings (SSSR count). The van der Waals surface area contributed by atoms with Crippen LogP contribution in [0.1, 0.15) is 57.4 Å². The molecule has 1 amide bonds. The minimum absolute atomic E-state index is 0. The van der Waals surface area contributed by atoms with Crippen molar-refractivity contribution in [3.05, 3.63) is 35.9 Å². The van der Waals surface area contributed by atoms with Gasteiger partial charge in [0.2, 0.25) is 5.91 Å². The number of hydrogen-bond donors (Lipinski definition) is 3. The second-order valence-corrected chi connectivity index (χ2v) is 8.14. The maximum absolute atomic E-state index is 12.4. The molecule has 0 aromatic heterocycles. The third-order valence-electron chi connectivity index (χ3n) is 5.79. The summed E-state index contributed by atoms with van der Waals surface area (Å²) in [5.74, 6) is 0.870. The van der Waals surface area contributed by atoms with Gasteiger partial charge < -0.3 is 20.6 Å². The summed E-state index contributed by atoms with van der Waals surface area (Å²) in [7, 11) is 1.84. The first-order valence-electron chi connectivity index (χ1n) is 11.0. The number of halogens is 1. The normalized spacial score (nSPS) is 15.8. The molecule has 6 nitrogen and oxygen atoms in total. The Kier molecular flexibility index (Phi) is 13.0. The molecule has 0 heterocycles. The van der Waals surface area contributed by atoms with Gasteiger partial charge in [0.05, 0.1) is 0 Å². The number of carbonyl (C=O) groups excluding carboxylic acids is 1. The summed E-state index contributed by atoms with van der Waals surface area (Å²) in [6, 6.07) is 10.0. The number of guanidine groups is 1. The first-order valence-corrected chi connectivity index (χ1v) is 11.0. The molecule has 1 aliphatic carbocycles. The molecule has 7 heteroatoms. The van der Waals surface area contributed by atoms with Crippen molar-refractivity contribution >= 4 is 35.8 Å². The van der Waals surface area contributed by atoms with Gasteiger partial charge in [-0.2, -0.15) is 0 Å². The number of benzene rings is 1. The van der Waals surface area contributed by atoms with Gasteiger partial charge in [-0.05, 0) is 37.2 Å². The van der Waals surface area contributed by atoms with Gasteiger partial charge in [-0.25, -0.2) is 0 Å². The Labute approximate surface area is 198 Å². The molecule has 0 unspecified atom stereocenters. The van der Waals surface area contributed by atoms with Crippen LogP contribution in [0.5, 0.6) is 0 Å². The maximum Gasteiger partial charge on any atom is 0.224 e. The number of amides is 1. The zero-order chi connectivity index (χ0) is 21.0. The van der Waals surface area contributed by atoms with Gasteiger partial charge in [-0.3, -0.25) is 9.79 Å². The summed E-state index contributed by atoms with van der Waals surface area (Å²) < 4.78 is 0. The summed E-state index contributed by atoms with van der Waals surface area (Å²) in [4.78, 5) is 19.0. The standard InChI is InChI=1S/C23H38N4O2.HI/c1-3-24-22(26-19-23(15-17-28)13-8-5-9-14-23)25-16-12-21(29)27(2)18-20-10-6-4-7-11-20;/h4,6-7,10-11,28H,3,5,8-9,12-19H2,1-2H3,(H2,24,25,26);1H. The number of hydrogen-bond acceptors (Lipinski definition) is 3. The van der Waals surface area contributed by atoms with E-state index >= 15 is 0 Å². The van der Waals surface area contributed by atoms with E-state index in [9.17, 15) is 9.90 Å². The van der Waals surface area contributed by atoms with E-state index in [0.29, 0.717) is 19.5 Å². The molecular formula is C23H39IN4O2. The Bertz CT molecular complexity index is 628. The first-order chi connectivity index (χ1) is 14.1. The molecule has 0 saturated heterocycles. The average molecular weight is 530 g/mol. The molecule has 1 fully saturated rings. The molecule has 1 aromatic rings. The Morgan fingerprint density at radius 1 is 1.17 bits per heavy atom. The lowest BCUT2D eigenvalue weighted by Crippen LogP contribution is -2.40. The molecule has 1 aromatic carbocycles. The van der Waals surface area contributed by atoms with Gasteiger partial charge in [0.15, 0.2) is 5.96 Å². The zero-order valence-electron chi connectivity index (χ0n) is 18.5. The second-order valence-electron chi connectivity index (χ2n) is 8.14. The largest absolute Gasteiger partial charge is 0.396 e. The Balaban J connectivity index is 0.00000450. The molecule has 0 atom stereocenters. The van der Waals surface area contributed by atoms with Crippen molar-refractivity contribution in [1.82, 2.24) is 15.5 Å². The number of aliphatic imine (C=N–C) groups is 1. The Morgan fingerprint density at radius 3 is 2.50 bits per heavy atom. The lowest BCUT2D eigenvalue weighted by molar-refractivity contribution is -0.130. The molecule has 3 N–H and O–H groups in total. The SMILES string of the molecule is CCNC(=NCC1(CCO)CCCCC1)NCCC(=O)N(C)Cc1ccccc1.I. The molecule has 1 saturated carbocycles.